The monoisotopic (exact) mass is 462 g/mol. The summed E-state index contributed by atoms with van der Waals surface area (Å²) in [6, 6.07) is 10.0. The van der Waals surface area contributed by atoms with Gasteiger partial charge in [0.25, 0.3) is 17.4 Å². The van der Waals surface area contributed by atoms with Crippen LogP contribution >= 0.6 is 11.3 Å². The number of anilines is 2. The Morgan fingerprint density at radius 3 is 2.45 bits per heavy atom. The maximum absolute atomic E-state index is 13.1. The van der Waals surface area contributed by atoms with Crippen LogP contribution in [0.25, 0.3) is 10.2 Å². The number of hydrogen-bond acceptors (Lipinski definition) is 6. The maximum Gasteiger partial charge on any atom is 0.291 e. The van der Waals surface area contributed by atoms with Gasteiger partial charge in [-0.1, -0.05) is 6.42 Å². The molecule has 0 atom stereocenters. The van der Waals surface area contributed by atoms with E-state index in [-0.39, 0.29) is 23.1 Å². The predicted octanol–water partition coefficient (Wildman–Crippen LogP) is 4.59. The summed E-state index contributed by atoms with van der Waals surface area (Å²) in [5.74, 6) is 0.386. The maximum atomic E-state index is 13.1. The van der Waals surface area contributed by atoms with Crippen LogP contribution in [0.1, 0.15) is 50.9 Å². The number of nitrogens with zero attached hydrogens (tertiary/aromatic N) is 2. The zero-order chi connectivity index (χ0) is 22.9. The lowest BCUT2D eigenvalue weighted by Gasteiger charge is -2.08. The fraction of sp³-hybridized carbons (Fsp3) is 0.250. The summed E-state index contributed by atoms with van der Waals surface area (Å²) >= 11 is 1.25. The standard InChI is InChI=1S/C24H22N4O4S/c1-14-19-23(27-18-7-3-2-4-12-28(18)24(19)31)33-20(14)22(30)26-16-10-8-15(9-11-16)25-21(29)17-6-5-13-32-17/h5-6,8-11,13H,2-4,7,12H2,1H3,(H,25,29)(H,26,30). The molecule has 3 aromatic heterocycles. The molecule has 2 N–H and O–H groups in total. The second-order valence-electron chi connectivity index (χ2n) is 7.99. The van der Waals surface area contributed by atoms with Gasteiger partial charge in [0.2, 0.25) is 0 Å². The molecule has 4 heterocycles. The van der Waals surface area contributed by atoms with Crippen molar-refractivity contribution in [1.82, 2.24) is 9.55 Å². The van der Waals surface area contributed by atoms with E-state index in [9.17, 15) is 14.4 Å². The quantitative estimate of drug-likeness (QED) is 0.461. The Bertz CT molecular complexity index is 1400. The molecule has 33 heavy (non-hydrogen) atoms. The molecule has 2 amide bonds. The lowest BCUT2D eigenvalue weighted by Crippen LogP contribution is -2.24. The number of furan rings is 1. The second-order valence-corrected chi connectivity index (χ2v) is 8.99. The third kappa shape index (κ3) is 4.07. The third-order valence-electron chi connectivity index (χ3n) is 5.76. The van der Waals surface area contributed by atoms with Gasteiger partial charge in [-0.25, -0.2) is 4.98 Å². The van der Waals surface area contributed by atoms with E-state index >= 15 is 0 Å². The molecule has 0 radical (unpaired) electrons. The van der Waals surface area contributed by atoms with Crippen molar-refractivity contribution < 1.29 is 14.0 Å². The largest absolute Gasteiger partial charge is 0.459 e. The molecule has 0 bridgehead atoms. The minimum absolute atomic E-state index is 0.0543. The number of rotatable bonds is 4. The highest BCUT2D eigenvalue weighted by Crippen LogP contribution is 2.29. The molecule has 9 heteroatoms. The first kappa shape index (κ1) is 21.1. The Morgan fingerprint density at radius 1 is 1.03 bits per heavy atom. The molecule has 8 nitrogen and oxygen atoms in total. The van der Waals surface area contributed by atoms with Crippen molar-refractivity contribution in [3.05, 3.63) is 75.0 Å². The number of carbonyl (C=O) groups excluding carboxylic acids is 2. The highest BCUT2D eigenvalue weighted by molar-refractivity contribution is 7.20. The fourth-order valence-corrected chi connectivity index (χ4v) is 5.14. The molecular formula is C24H22N4O4S. The SMILES string of the molecule is Cc1c(C(=O)Nc2ccc(NC(=O)c3ccco3)cc2)sc2nc3n(c(=O)c12)CCCCC3. The van der Waals surface area contributed by atoms with E-state index in [4.69, 9.17) is 9.40 Å². The van der Waals surface area contributed by atoms with E-state index in [0.717, 1.165) is 31.5 Å². The van der Waals surface area contributed by atoms with Gasteiger partial charge in [-0.2, -0.15) is 0 Å². The van der Waals surface area contributed by atoms with Crippen LogP contribution in [0.2, 0.25) is 0 Å². The summed E-state index contributed by atoms with van der Waals surface area (Å²) in [5.41, 5.74) is 1.76. The van der Waals surface area contributed by atoms with Gasteiger partial charge in [-0.05, 0) is 61.7 Å². The molecule has 0 unspecified atom stereocenters. The predicted molar refractivity (Wildman–Crippen MR) is 127 cm³/mol. The highest BCUT2D eigenvalue weighted by Gasteiger charge is 2.22. The summed E-state index contributed by atoms with van der Waals surface area (Å²) < 4.78 is 6.85. The first-order chi connectivity index (χ1) is 16.0. The third-order valence-corrected chi connectivity index (χ3v) is 6.95. The summed E-state index contributed by atoms with van der Waals surface area (Å²) in [7, 11) is 0. The summed E-state index contributed by atoms with van der Waals surface area (Å²) in [4.78, 5) is 44.0. The van der Waals surface area contributed by atoms with Gasteiger partial charge in [0.1, 0.15) is 10.7 Å². The van der Waals surface area contributed by atoms with Crippen LogP contribution in [0.15, 0.2) is 51.9 Å². The van der Waals surface area contributed by atoms with Crippen molar-refractivity contribution in [2.45, 2.75) is 39.2 Å². The number of nitrogens with one attached hydrogen (secondary N) is 2. The van der Waals surface area contributed by atoms with Crippen molar-refractivity contribution >= 4 is 44.7 Å². The van der Waals surface area contributed by atoms with Gasteiger partial charge in [-0.15, -0.1) is 11.3 Å². The first-order valence-corrected chi connectivity index (χ1v) is 11.6. The molecule has 1 aliphatic rings. The topological polar surface area (TPSA) is 106 Å². The zero-order valence-electron chi connectivity index (χ0n) is 18.0. The molecule has 4 aromatic rings. The Kier molecular flexibility index (Phi) is 5.55. The molecular weight excluding hydrogens is 440 g/mol. The summed E-state index contributed by atoms with van der Waals surface area (Å²) in [5, 5.41) is 6.14. The average Bonchev–Trinajstić information content (AvgIpc) is 3.38. The highest BCUT2D eigenvalue weighted by atomic mass is 32.1. The van der Waals surface area contributed by atoms with Crippen LogP contribution in [0, 0.1) is 6.92 Å². The molecule has 0 spiro atoms. The van der Waals surface area contributed by atoms with Crippen LogP contribution in [0.4, 0.5) is 11.4 Å². The average molecular weight is 463 g/mol. The van der Waals surface area contributed by atoms with E-state index in [2.05, 4.69) is 10.6 Å². The Morgan fingerprint density at radius 2 is 1.76 bits per heavy atom. The van der Waals surface area contributed by atoms with Gasteiger partial charge in [-0.3, -0.25) is 19.0 Å². The van der Waals surface area contributed by atoms with Crippen LogP contribution in [0.3, 0.4) is 0 Å². The summed E-state index contributed by atoms with van der Waals surface area (Å²) in [6.45, 7) is 2.48. The van der Waals surface area contributed by atoms with Crippen LogP contribution in [-0.2, 0) is 13.0 Å². The zero-order valence-corrected chi connectivity index (χ0v) is 18.8. The number of aromatic nitrogens is 2. The van der Waals surface area contributed by atoms with E-state index in [0.29, 0.717) is 38.6 Å². The fourth-order valence-electron chi connectivity index (χ4n) is 4.05. The molecule has 0 saturated heterocycles. The molecule has 1 aromatic carbocycles. The number of hydrogen-bond donors (Lipinski definition) is 2. The molecule has 1 aliphatic heterocycles. The van der Waals surface area contributed by atoms with Crippen molar-refractivity contribution in [1.29, 1.82) is 0 Å². The van der Waals surface area contributed by atoms with Gasteiger partial charge in [0.05, 0.1) is 16.5 Å². The number of amides is 2. The van der Waals surface area contributed by atoms with Crippen LogP contribution < -0.4 is 16.2 Å². The Hall–Kier alpha value is -3.72. The molecule has 168 valence electrons. The number of carbonyl (C=O) groups is 2. The van der Waals surface area contributed by atoms with E-state index < -0.39 is 0 Å². The first-order valence-electron chi connectivity index (χ1n) is 10.8. The number of aryl methyl sites for hydroxylation is 2. The molecule has 0 saturated carbocycles. The van der Waals surface area contributed by atoms with Crippen molar-refractivity contribution in [2.24, 2.45) is 0 Å². The Labute approximate surface area is 193 Å². The molecule has 0 aliphatic carbocycles. The van der Waals surface area contributed by atoms with Crippen molar-refractivity contribution in [3.63, 3.8) is 0 Å². The van der Waals surface area contributed by atoms with Gasteiger partial charge in [0, 0.05) is 24.3 Å². The van der Waals surface area contributed by atoms with Gasteiger partial charge < -0.3 is 15.1 Å². The van der Waals surface area contributed by atoms with Crippen LogP contribution in [-0.4, -0.2) is 21.4 Å². The normalized spacial score (nSPS) is 13.4. The van der Waals surface area contributed by atoms with Crippen molar-refractivity contribution in [3.8, 4) is 0 Å². The lowest BCUT2D eigenvalue weighted by molar-refractivity contribution is 0.0994. The van der Waals surface area contributed by atoms with Gasteiger partial charge >= 0.3 is 0 Å². The Balaban J connectivity index is 1.36. The molecule has 5 rings (SSSR count). The van der Waals surface area contributed by atoms with Gasteiger partial charge in [0.15, 0.2) is 5.76 Å². The van der Waals surface area contributed by atoms with E-state index in [1.54, 1.807) is 47.9 Å². The number of fused-ring (bicyclic) bond motifs is 2. The summed E-state index contributed by atoms with van der Waals surface area (Å²) in [6.07, 6.45) is 5.30. The van der Waals surface area contributed by atoms with E-state index in [1.807, 2.05) is 0 Å². The minimum Gasteiger partial charge on any atom is -0.459 e. The second kappa shape index (κ2) is 8.67. The lowest BCUT2D eigenvalue weighted by atomic mass is 10.2. The minimum atomic E-state index is -0.352. The number of thiophene rings is 1. The van der Waals surface area contributed by atoms with E-state index in [1.165, 1.54) is 17.6 Å². The number of benzene rings is 1. The molecule has 0 fully saturated rings. The smallest absolute Gasteiger partial charge is 0.291 e. The van der Waals surface area contributed by atoms with Crippen LogP contribution in [0.5, 0.6) is 0 Å². The van der Waals surface area contributed by atoms with Crippen molar-refractivity contribution in [2.75, 3.05) is 10.6 Å².